The molecule has 1 atom stereocenters. The molecule has 0 saturated carbocycles. The minimum Gasteiger partial charge on any atom is -0.354 e. The van der Waals surface area contributed by atoms with Crippen LogP contribution in [0.2, 0.25) is 0 Å². The number of carbonyl (C=O) groups excluding carboxylic acids is 4. The Kier molecular flexibility index (Phi) is 10.9. The number of amides is 4. The standard InChI is InChI=1S/C44H48FN9O5/c1-5-6-28-15-26(4)49-42(57)33(28)21-47-41(56)32-18-30(19-37-34(32)22-48-54(37)25(2)3)29-7-9-38(46-20-29)52-13-11-51(12-14-52)23-27-16-31-24-53(44(59)40(31)35(45)17-27)36-8-10-39(55)50-43(36)58/h7,9,15-20,22,25,36H,5-6,8,10-14,21,23-24H2,1-4H3,(H,47,56)(H,49,57)(H,50,55,58). The number of imide groups is 1. The van der Waals surface area contributed by atoms with E-state index >= 15 is 4.39 Å². The molecule has 4 amide bonds. The minimum absolute atomic E-state index is 0.000400. The molecule has 3 aliphatic heterocycles. The lowest BCUT2D eigenvalue weighted by Crippen LogP contribution is -2.52. The Morgan fingerprint density at radius 3 is 2.51 bits per heavy atom. The lowest BCUT2D eigenvalue weighted by Gasteiger charge is -2.35. The number of benzene rings is 2. The van der Waals surface area contributed by atoms with E-state index in [9.17, 15) is 24.0 Å². The summed E-state index contributed by atoms with van der Waals surface area (Å²) in [6.07, 6.45) is 5.52. The molecule has 0 aliphatic carbocycles. The van der Waals surface area contributed by atoms with Crippen LogP contribution in [-0.4, -0.2) is 85.4 Å². The van der Waals surface area contributed by atoms with Gasteiger partial charge >= 0.3 is 0 Å². The maximum absolute atomic E-state index is 15.4. The first kappa shape index (κ1) is 39.6. The van der Waals surface area contributed by atoms with E-state index in [1.54, 1.807) is 6.20 Å². The Hall–Kier alpha value is -6.22. The second-order valence-corrected chi connectivity index (χ2v) is 16.0. The predicted molar refractivity (Wildman–Crippen MR) is 220 cm³/mol. The second kappa shape index (κ2) is 16.2. The number of hydrogen-bond acceptors (Lipinski definition) is 9. The molecule has 0 radical (unpaired) electrons. The molecule has 8 rings (SSSR count). The van der Waals surface area contributed by atoms with Gasteiger partial charge < -0.3 is 20.1 Å². The lowest BCUT2D eigenvalue weighted by molar-refractivity contribution is -0.136. The number of halogens is 1. The van der Waals surface area contributed by atoms with Crippen LogP contribution in [0.3, 0.4) is 0 Å². The molecule has 59 heavy (non-hydrogen) atoms. The number of aryl methyl sites for hydroxylation is 2. The van der Waals surface area contributed by atoms with Crippen LogP contribution in [0.5, 0.6) is 0 Å². The van der Waals surface area contributed by atoms with E-state index in [0.717, 1.165) is 57.5 Å². The maximum Gasteiger partial charge on any atom is 0.258 e. The number of H-pyrrole nitrogens is 1. The van der Waals surface area contributed by atoms with Gasteiger partial charge in [0.1, 0.15) is 17.7 Å². The topological polar surface area (TPSA) is 166 Å². The highest BCUT2D eigenvalue weighted by Crippen LogP contribution is 2.32. The van der Waals surface area contributed by atoms with Crippen LogP contribution in [-0.2, 0) is 35.6 Å². The van der Waals surface area contributed by atoms with Crippen LogP contribution in [0.15, 0.2) is 59.7 Å². The van der Waals surface area contributed by atoms with Gasteiger partial charge in [-0.15, -0.1) is 0 Å². The van der Waals surface area contributed by atoms with E-state index in [2.05, 4.69) is 37.4 Å². The van der Waals surface area contributed by atoms with Gasteiger partial charge in [-0.05, 0) is 92.3 Å². The Bertz CT molecular complexity index is 2540. The van der Waals surface area contributed by atoms with Crippen molar-refractivity contribution in [2.24, 2.45) is 0 Å². The monoisotopic (exact) mass is 801 g/mol. The molecule has 5 aromatic rings. The number of anilines is 1. The van der Waals surface area contributed by atoms with Crippen molar-refractivity contribution in [1.82, 2.24) is 40.2 Å². The highest BCUT2D eigenvalue weighted by atomic mass is 19.1. The molecular formula is C44H48FN9O5. The van der Waals surface area contributed by atoms with Crippen LogP contribution in [0.25, 0.3) is 22.0 Å². The Morgan fingerprint density at radius 2 is 1.80 bits per heavy atom. The van der Waals surface area contributed by atoms with Gasteiger partial charge in [-0.25, -0.2) is 9.37 Å². The quantitative estimate of drug-likeness (QED) is 0.160. The molecule has 2 saturated heterocycles. The summed E-state index contributed by atoms with van der Waals surface area (Å²) in [4.78, 5) is 77.5. The smallest absolute Gasteiger partial charge is 0.258 e. The zero-order chi connectivity index (χ0) is 41.5. The van der Waals surface area contributed by atoms with Crippen LogP contribution in [0.4, 0.5) is 10.2 Å². The number of carbonyl (C=O) groups is 4. The number of nitrogens with one attached hydrogen (secondary N) is 3. The van der Waals surface area contributed by atoms with E-state index in [1.807, 2.05) is 68.0 Å². The first-order valence-electron chi connectivity index (χ1n) is 20.3. The van der Waals surface area contributed by atoms with Gasteiger partial charge in [0.2, 0.25) is 11.8 Å². The lowest BCUT2D eigenvalue weighted by atomic mass is 10.00. The first-order chi connectivity index (χ1) is 28.4. The molecule has 15 heteroatoms. The Balaban J connectivity index is 0.941. The number of fused-ring (bicyclic) bond motifs is 2. The Morgan fingerprint density at radius 1 is 1.00 bits per heavy atom. The van der Waals surface area contributed by atoms with Crippen LogP contribution >= 0.6 is 0 Å². The average Bonchev–Trinajstić information content (AvgIpc) is 3.79. The first-order valence-corrected chi connectivity index (χ1v) is 20.3. The molecule has 0 bridgehead atoms. The fraction of sp³-hybridized carbons (Fsp3) is 0.386. The van der Waals surface area contributed by atoms with Crippen LogP contribution in [0.1, 0.15) is 94.7 Å². The molecule has 0 spiro atoms. The highest BCUT2D eigenvalue weighted by Gasteiger charge is 2.40. The van der Waals surface area contributed by atoms with E-state index in [0.29, 0.717) is 49.4 Å². The number of aromatic amines is 1. The van der Waals surface area contributed by atoms with E-state index in [-0.39, 0.29) is 54.9 Å². The summed E-state index contributed by atoms with van der Waals surface area (Å²) in [6.45, 7) is 11.6. The highest BCUT2D eigenvalue weighted by molar-refractivity contribution is 6.08. The molecular weight excluding hydrogens is 754 g/mol. The molecule has 3 aromatic heterocycles. The number of piperazine rings is 1. The van der Waals surface area contributed by atoms with Gasteiger partial charge in [-0.1, -0.05) is 19.4 Å². The minimum atomic E-state index is -0.795. The van der Waals surface area contributed by atoms with Gasteiger partial charge in [0.05, 0.1) is 22.8 Å². The third kappa shape index (κ3) is 7.86. The molecule has 1 unspecified atom stereocenters. The fourth-order valence-electron chi connectivity index (χ4n) is 8.60. The molecule has 2 aromatic carbocycles. The summed E-state index contributed by atoms with van der Waals surface area (Å²) < 4.78 is 17.3. The van der Waals surface area contributed by atoms with Gasteiger partial charge in [0.25, 0.3) is 17.4 Å². The van der Waals surface area contributed by atoms with Crippen molar-refractivity contribution in [1.29, 1.82) is 0 Å². The van der Waals surface area contributed by atoms with Gasteiger partial charge in [-0.3, -0.25) is 38.9 Å². The van der Waals surface area contributed by atoms with Crippen LogP contribution < -0.4 is 21.1 Å². The van der Waals surface area contributed by atoms with Gasteiger partial charge in [0, 0.05) is 86.7 Å². The SMILES string of the molecule is CCCc1cc(C)[nH]c(=O)c1CNC(=O)c1cc(-c2ccc(N3CCN(Cc4cc(F)c5c(c4)CN(C4CCC(=O)NC4=O)C5=O)CC3)nc2)cc2c1cnn2C(C)C. The summed E-state index contributed by atoms with van der Waals surface area (Å²) >= 11 is 0. The van der Waals surface area contributed by atoms with Gasteiger partial charge in [-0.2, -0.15) is 5.10 Å². The molecule has 6 heterocycles. The summed E-state index contributed by atoms with van der Waals surface area (Å²) in [5.41, 5.74) is 6.35. The van der Waals surface area contributed by atoms with Crippen molar-refractivity contribution in [3.8, 4) is 11.1 Å². The third-order valence-electron chi connectivity index (χ3n) is 11.6. The molecule has 2 fully saturated rings. The van der Waals surface area contributed by atoms with Crippen molar-refractivity contribution < 1.29 is 23.6 Å². The maximum atomic E-state index is 15.4. The normalized spacial score (nSPS) is 17.3. The number of rotatable bonds is 11. The number of hydrogen-bond donors (Lipinski definition) is 3. The third-order valence-corrected chi connectivity index (χ3v) is 11.6. The molecule has 306 valence electrons. The number of nitrogens with zero attached hydrogens (tertiary/aromatic N) is 6. The number of pyridine rings is 2. The van der Waals surface area contributed by atoms with E-state index < -0.39 is 23.7 Å². The van der Waals surface area contributed by atoms with Crippen molar-refractivity contribution in [3.63, 3.8) is 0 Å². The fourth-order valence-corrected chi connectivity index (χ4v) is 8.60. The average molecular weight is 802 g/mol. The van der Waals surface area contributed by atoms with E-state index in [4.69, 9.17) is 4.98 Å². The predicted octanol–water partition coefficient (Wildman–Crippen LogP) is 4.78. The Labute approximate surface area is 340 Å². The summed E-state index contributed by atoms with van der Waals surface area (Å²) in [7, 11) is 0. The summed E-state index contributed by atoms with van der Waals surface area (Å²) in [6, 6.07) is 12.4. The molecule has 3 N–H and O–H groups in total. The van der Waals surface area contributed by atoms with E-state index in [1.165, 1.54) is 11.0 Å². The number of piperidine rings is 1. The van der Waals surface area contributed by atoms with Crippen molar-refractivity contribution in [2.75, 3.05) is 31.1 Å². The van der Waals surface area contributed by atoms with Crippen LogP contribution in [0, 0.1) is 12.7 Å². The summed E-state index contributed by atoms with van der Waals surface area (Å²) in [5.74, 6) is -1.48. The van der Waals surface area contributed by atoms with Crippen molar-refractivity contribution >= 4 is 40.3 Å². The zero-order valence-electron chi connectivity index (χ0n) is 33.7. The molecule has 14 nitrogen and oxygen atoms in total. The molecule has 3 aliphatic rings. The second-order valence-electron chi connectivity index (χ2n) is 16.0. The largest absolute Gasteiger partial charge is 0.354 e. The van der Waals surface area contributed by atoms with Crippen molar-refractivity contribution in [2.45, 2.75) is 85.1 Å². The van der Waals surface area contributed by atoms with Gasteiger partial charge in [0.15, 0.2) is 0 Å². The number of aromatic nitrogens is 4. The zero-order valence-corrected chi connectivity index (χ0v) is 33.7. The van der Waals surface area contributed by atoms with Crippen molar-refractivity contribution in [3.05, 3.63) is 110 Å². The summed E-state index contributed by atoms with van der Waals surface area (Å²) in [5, 5.41) is 10.6.